The topological polar surface area (TPSA) is 46.2 Å². The number of benzene rings is 1. The van der Waals surface area contributed by atoms with Gasteiger partial charge in [0.2, 0.25) is 0 Å². The smallest absolute Gasteiger partial charge is 0.258 e. The third-order valence-electron chi connectivity index (χ3n) is 3.16. The van der Waals surface area contributed by atoms with Gasteiger partial charge in [0.1, 0.15) is 0 Å². The van der Waals surface area contributed by atoms with Gasteiger partial charge in [-0.1, -0.05) is 69.7 Å². The molecule has 5 heteroatoms. The van der Waals surface area contributed by atoms with Gasteiger partial charge >= 0.3 is 0 Å². The number of hydrogen-bond acceptors (Lipinski definition) is 2. The lowest BCUT2D eigenvalue weighted by Crippen LogP contribution is -2.19. The molecule has 1 heterocycles. The van der Waals surface area contributed by atoms with E-state index in [0.29, 0.717) is 11.1 Å². The van der Waals surface area contributed by atoms with Gasteiger partial charge in [0.05, 0.1) is 11.1 Å². The van der Waals surface area contributed by atoms with Crippen LogP contribution in [0.3, 0.4) is 0 Å². The minimum Gasteiger partial charge on any atom is -0.288 e. The molecular formula is C16H21Br2NO2. The van der Waals surface area contributed by atoms with Crippen molar-refractivity contribution in [2.75, 3.05) is 10.7 Å². The number of rotatable bonds is 7. The second-order valence-corrected chi connectivity index (χ2v) is 6.41. The minimum atomic E-state index is -0.300. The lowest BCUT2D eigenvalue weighted by Gasteiger charge is -1.96. The quantitative estimate of drug-likeness (QED) is 0.396. The summed E-state index contributed by atoms with van der Waals surface area (Å²) in [6.45, 7) is 0. The van der Waals surface area contributed by atoms with Crippen molar-refractivity contribution in [3.05, 3.63) is 35.4 Å². The van der Waals surface area contributed by atoms with Gasteiger partial charge in [-0.05, 0) is 25.0 Å². The monoisotopic (exact) mass is 417 g/mol. The maximum absolute atomic E-state index is 10.9. The number of fused-ring (bicyclic) bond motifs is 1. The number of amides is 2. The number of carbonyl (C=O) groups is 2. The molecule has 3 nitrogen and oxygen atoms in total. The Morgan fingerprint density at radius 3 is 1.48 bits per heavy atom. The number of nitrogens with one attached hydrogen (secondary N) is 1. The second-order valence-electron chi connectivity index (χ2n) is 4.83. The van der Waals surface area contributed by atoms with E-state index in [2.05, 4.69) is 37.2 Å². The molecule has 0 atom stereocenters. The molecule has 1 aliphatic rings. The van der Waals surface area contributed by atoms with E-state index < -0.39 is 0 Å². The highest BCUT2D eigenvalue weighted by Gasteiger charge is 2.25. The molecule has 0 aromatic heterocycles. The van der Waals surface area contributed by atoms with E-state index in [-0.39, 0.29) is 11.8 Å². The van der Waals surface area contributed by atoms with Crippen LogP contribution in [0.4, 0.5) is 0 Å². The first-order valence-electron chi connectivity index (χ1n) is 7.27. The van der Waals surface area contributed by atoms with Gasteiger partial charge in [0.15, 0.2) is 0 Å². The highest BCUT2D eigenvalue weighted by Crippen LogP contribution is 2.13. The Morgan fingerprint density at radius 1 is 0.714 bits per heavy atom. The molecule has 1 aromatic rings. The van der Waals surface area contributed by atoms with Crippen molar-refractivity contribution in [3.63, 3.8) is 0 Å². The van der Waals surface area contributed by atoms with Crippen LogP contribution in [0.25, 0.3) is 0 Å². The van der Waals surface area contributed by atoms with Crippen LogP contribution in [0.15, 0.2) is 24.3 Å². The summed E-state index contributed by atoms with van der Waals surface area (Å²) in [6.07, 6.45) is 8.31. The Kier molecular flexibility index (Phi) is 9.59. The maximum atomic E-state index is 10.9. The highest BCUT2D eigenvalue weighted by atomic mass is 79.9. The van der Waals surface area contributed by atoms with E-state index in [1.807, 2.05) is 0 Å². The van der Waals surface area contributed by atoms with E-state index in [1.54, 1.807) is 24.3 Å². The lowest BCUT2D eigenvalue weighted by molar-refractivity contribution is 0.0879. The summed E-state index contributed by atoms with van der Waals surface area (Å²) in [5, 5.41) is 4.55. The van der Waals surface area contributed by atoms with Crippen molar-refractivity contribution in [3.8, 4) is 0 Å². The molecule has 0 unspecified atom stereocenters. The maximum Gasteiger partial charge on any atom is 0.258 e. The predicted molar refractivity (Wildman–Crippen MR) is 93.5 cm³/mol. The van der Waals surface area contributed by atoms with Gasteiger partial charge in [0.25, 0.3) is 11.8 Å². The number of unbranched alkanes of at least 4 members (excludes halogenated alkanes) is 5. The van der Waals surface area contributed by atoms with Crippen molar-refractivity contribution in [2.45, 2.75) is 38.5 Å². The SMILES string of the molecule is BrCCCCCCCCBr.O=C1NC(=O)c2ccccc21. The zero-order chi connectivity index (χ0) is 15.5. The first-order valence-corrected chi connectivity index (χ1v) is 9.51. The largest absolute Gasteiger partial charge is 0.288 e. The molecule has 0 fully saturated rings. The summed E-state index contributed by atoms with van der Waals surface area (Å²) in [4.78, 5) is 21.9. The average molecular weight is 419 g/mol. The van der Waals surface area contributed by atoms with Gasteiger partial charge in [-0.3, -0.25) is 14.9 Å². The number of alkyl halides is 2. The van der Waals surface area contributed by atoms with E-state index in [4.69, 9.17) is 0 Å². The third kappa shape index (κ3) is 6.74. The molecule has 0 bridgehead atoms. The van der Waals surface area contributed by atoms with Gasteiger partial charge in [0, 0.05) is 10.7 Å². The van der Waals surface area contributed by atoms with Crippen molar-refractivity contribution >= 4 is 43.7 Å². The van der Waals surface area contributed by atoms with Crippen molar-refractivity contribution in [2.24, 2.45) is 0 Å². The average Bonchev–Trinajstić information content (AvgIpc) is 2.79. The Morgan fingerprint density at radius 2 is 1.10 bits per heavy atom. The van der Waals surface area contributed by atoms with Gasteiger partial charge < -0.3 is 0 Å². The zero-order valence-corrected chi connectivity index (χ0v) is 15.2. The standard InChI is InChI=1S/C8H16Br2.C8H5NO2/c9-7-5-3-1-2-4-6-8-10;10-7-5-3-1-2-4-6(5)8(11)9-7/h1-8H2;1-4H,(H,9,10,11). The highest BCUT2D eigenvalue weighted by molar-refractivity contribution is 9.09. The molecule has 0 radical (unpaired) electrons. The van der Waals surface area contributed by atoms with Crippen LogP contribution in [0.5, 0.6) is 0 Å². The Labute approximate surface area is 143 Å². The molecule has 21 heavy (non-hydrogen) atoms. The van der Waals surface area contributed by atoms with Crippen LogP contribution < -0.4 is 5.32 Å². The van der Waals surface area contributed by atoms with Crippen LogP contribution >= 0.6 is 31.9 Å². The van der Waals surface area contributed by atoms with E-state index in [1.165, 1.54) is 49.2 Å². The van der Waals surface area contributed by atoms with Crippen molar-refractivity contribution in [1.29, 1.82) is 0 Å². The molecule has 1 aromatic carbocycles. The van der Waals surface area contributed by atoms with E-state index >= 15 is 0 Å². The molecule has 2 amide bonds. The summed E-state index contributed by atoms with van der Waals surface area (Å²) in [5.74, 6) is -0.601. The fourth-order valence-electron chi connectivity index (χ4n) is 2.01. The summed E-state index contributed by atoms with van der Waals surface area (Å²) in [5.41, 5.74) is 0.940. The molecule has 0 spiro atoms. The summed E-state index contributed by atoms with van der Waals surface area (Å²) in [7, 11) is 0. The lowest BCUT2D eigenvalue weighted by atomic mass is 10.1. The first-order chi connectivity index (χ1) is 10.2. The normalized spacial score (nSPS) is 12.5. The molecule has 0 saturated carbocycles. The number of hydrogen-bond donors (Lipinski definition) is 1. The fourth-order valence-corrected chi connectivity index (χ4v) is 2.81. The van der Waals surface area contributed by atoms with Gasteiger partial charge in [-0.2, -0.15) is 0 Å². The van der Waals surface area contributed by atoms with Crippen LogP contribution in [0, 0.1) is 0 Å². The Bertz CT molecular complexity index is 422. The van der Waals surface area contributed by atoms with Crippen molar-refractivity contribution in [1.82, 2.24) is 5.32 Å². The molecular weight excluding hydrogens is 398 g/mol. The number of imide groups is 1. The minimum absolute atomic E-state index is 0.300. The van der Waals surface area contributed by atoms with E-state index in [0.717, 1.165) is 0 Å². The summed E-state index contributed by atoms with van der Waals surface area (Å²) >= 11 is 6.85. The molecule has 2 rings (SSSR count). The van der Waals surface area contributed by atoms with Crippen molar-refractivity contribution < 1.29 is 9.59 Å². The Hall–Kier alpha value is -0.680. The number of carbonyl (C=O) groups excluding carboxylic acids is 2. The molecule has 1 aliphatic heterocycles. The zero-order valence-electron chi connectivity index (χ0n) is 12.0. The molecule has 116 valence electrons. The van der Waals surface area contributed by atoms with Crippen LogP contribution in [0.2, 0.25) is 0 Å². The number of halogens is 2. The van der Waals surface area contributed by atoms with Gasteiger partial charge in [-0.15, -0.1) is 0 Å². The van der Waals surface area contributed by atoms with Crippen LogP contribution in [-0.2, 0) is 0 Å². The summed E-state index contributed by atoms with van der Waals surface area (Å²) in [6, 6.07) is 6.74. The molecule has 1 N–H and O–H groups in total. The Balaban J connectivity index is 0.000000212. The van der Waals surface area contributed by atoms with Crippen LogP contribution in [0.1, 0.15) is 59.2 Å². The molecule has 0 saturated heterocycles. The molecule has 0 aliphatic carbocycles. The first kappa shape index (κ1) is 18.4. The third-order valence-corrected chi connectivity index (χ3v) is 4.28. The van der Waals surface area contributed by atoms with Gasteiger partial charge in [-0.25, -0.2) is 0 Å². The fraction of sp³-hybridized carbons (Fsp3) is 0.500. The second kappa shape index (κ2) is 11.0. The summed E-state index contributed by atoms with van der Waals surface area (Å²) < 4.78 is 0. The van der Waals surface area contributed by atoms with E-state index in [9.17, 15) is 9.59 Å². The predicted octanol–water partition coefficient (Wildman–Crippen LogP) is 4.69. The van der Waals surface area contributed by atoms with Crippen LogP contribution in [-0.4, -0.2) is 22.5 Å².